The fourth-order valence-corrected chi connectivity index (χ4v) is 2.23. The molecule has 1 aliphatic rings. The zero-order valence-electron chi connectivity index (χ0n) is 8.38. The monoisotopic (exact) mass is 175 g/mol. The molecule has 1 aromatic rings. The van der Waals surface area contributed by atoms with E-state index < -0.39 is 0 Å². The first-order chi connectivity index (χ1) is 6.19. The molecule has 2 N–H and O–H groups in total. The molecule has 0 spiro atoms. The molecule has 70 valence electrons. The molecule has 0 bridgehead atoms. The summed E-state index contributed by atoms with van der Waals surface area (Å²) in [6.07, 6.45) is 2.32. The summed E-state index contributed by atoms with van der Waals surface area (Å²) >= 11 is 0. The maximum absolute atomic E-state index is 5.99. The largest absolute Gasteiger partial charge is 0.327 e. The predicted molar refractivity (Wildman–Crippen MR) is 55.7 cm³/mol. The molecule has 2 rings (SSSR count). The van der Waals surface area contributed by atoms with E-state index in [0.717, 1.165) is 12.8 Å². The lowest BCUT2D eigenvalue weighted by molar-refractivity contribution is 0.634. The number of rotatable bonds is 2. The first-order valence-corrected chi connectivity index (χ1v) is 5.02. The minimum atomic E-state index is 0.312. The summed E-state index contributed by atoms with van der Waals surface area (Å²) in [7, 11) is 0. The Morgan fingerprint density at radius 1 is 1.54 bits per heavy atom. The Balaban J connectivity index is 2.35. The number of nitrogens with two attached hydrogens (primary N) is 1. The van der Waals surface area contributed by atoms with Crippen molar-refractivity contribution < 1.29 is 0 Å². The molecule has 13 heavy (non-hydrogen) atoms. The number of benzene rings is 1. The second-order valence-electron chi connectivity index (χ2n) is 4.19. The highest BCUT2D eigenvalue weighted by Crippen LogP contribution is 2.49. The van der Waals surface area contributed by atoms with Gasteiger partial charge in [0.1, 0.15) is 0 Å². The van der Waals surface area contributed by atoms with Gasteiger partial charge in [0.15, 0.2) is 0 Å². The Morgan fingerprint density at radius 2 is 2.23 bits per heavy atom. The van der Waals surface area contributed by atoms with Crippen LogP contribution in [0.3, 0.4) is 0 Å². The molecule has 1 aliphatic carbocycles. The van der Waals surface area contributed by atoms with Gasteiger partial charge in [0.2, 0.25) is 0 Å². The van der Waals surface area contributed by atoms with Gasteiger partial charge >= 0.3 is 0 Å². The van der Waals surface area contributed by atoms with Crippen LogP contribution in [0, 0.1) is 6.92 Å². The third-order valence-electron chi connectivity index (χ3n) is 3.36. The first kappa shape index (κ1) is 8.76. The smallest absolute Gasteiger partial charge is 0.0146 e. The summed E-state index contributed by atoms with van der Waals surface area (Å²) in [5.74, 6) is 0. The van der Waals surface area contributed by atoms with E-state index in [4.69, 9.17) is 5.73 Å². The molecule has 0 aliphatic heterocycles. The highest BCUT2D eigenvalue weighted by atomic mass is 14.8. The van der Waals surface area contributed by atoms with Crippen LogP contribution in [0.15, 0.2) is 24.3 Å². The number of aryl methyl sites for hydroxylation is 1. The average Bonchev–Trinajstić information content (AvgIpc) is 2.78. The van der Waals surface area contributed by atoms with Gasteiger partial charge in [-0.1, -0.05) is 36.8 Å². The second-order valence-corrected chi connectivity index (χ2v) is 4.19. The maximum atomic E-state index is 5.99. The average molecular weight is 175 g/mol. The Bertz CT molecular complexity index is 315. The summed E-state index contributed by atoms with van der Waals surface area (Å²) < 4.78 is 0. The van der Waals surface area contributed by atoms with Crippen LogP contribution < -0.4 is 5.73 Å². The van der Waals surface area contributed by atoms with E-state index in [1.165, 1.54) is 11.1 Å². The van der Waals surface area contributed by atoms with Gasteiger partial charge in [-0.05, 0) is 25.3 Å². The van der Waals surface area contributed by atoms with Gasteiger partial charge in [-0.2, -0.15) is 0 Å². The van der Waals surface area contributed by atoms with Gasteiger partial charge in [-0.25, -0.2) is 0 Å². The molecule has 2 unspecified atom stereocenters. The van der Waals surface area contributed by atoms with Crippen molar-refractivity contribution in [2.45, 2.75) is 38.1 Å². The quantitative estimate of drug-likeness (QED) is 0.733. The highest BCUT2D eigenvalue weighted by molar-refractivity contribution is 5.37. The number of hydrogen-bond acceptors (Lipinski definition) is 1. The van der Waals surface area contributed by atoms with Crippen molar-refractivity contribution >= 4 is 0 Å². The van der Waals surface area contributed by atoms with E-state index in [2.05, 4.69) is 38.1 Å². The zero-order chi connectivity index (χ0) is 9.47. The summed E-state index contributed by atoms with van der Waals surface area (Å²) in [5, 5.41) is 0. The van der Waals surface area contributed by atoms with Gasteiger partial charge in [-0.15, -0.1) is 0 Å². The van der Waals surface area contributed by atoms with E-state index >= 15 is 0 Å². The van der Waals surface area contributed by atoms with Crippen LogP contribution in [0.25, 0.3) is 0 Å². The van der Waals surface area contributed by atoms with Crippen molar-refractivity contribution in [1.82, 2.24) is 0 Å². The van der Waals surface area contributed by atoms with Crippen LogP contribution >= 0.6 is 0 Å². The first-order valence-electron chi connectivity index (χ1n) is 5.02. The normalized spacial score (nSPS) is 31.8. The highest BCUT2D eigenvalue weighted by Gasteiger charge is 2.51. The van der Waals surface area contributed by atoms with E-state index in [1.54, 1.807) is 0 Å². The molecule has 1 aromatic carbocycles. The van der Waals surface area contributed by atoms with Crippen LogP contribution in [-0.4, -0.2) is 6.04 Å². The minimum Gasteiger partial charge on any atom is -0.327 e. The summed E-state index contributed by atoms with van der Waals surface area (Å²) in [5.41, 5.74) is 9.08. The Hall–Kier alpha value is -0.820. The molecule has 1 fully saturated rings. The lowest BCUT2D eigenvalue weighted by atomic mass is 9.91. The lowest BCUT2D eigenvalue weighted by Crippen LogP contribution is -2.17. The standard InChI is InChI=1S/C12H17N/c1-3-12(8-11(12)13)10-6-4-5-9(2)7-10/h4-7,11H,3,8,13H2,1-2H3. The Kier molecular flexibility index (Phi) is 1.92. The maximum Gasteiger partial charge on any atom is 0.0146 e. The lowest BCUT2D eigenvalue weighted by Gasteiger charge is -2.14. The molecule has 1 heteroatoms. The SMILES string of the molecule is CCC1(c2cccc(C)c2)CC1N. The van der Waals surface area contributed by atoms with Gasteiger partial charge in [0.25, 0.3) is 0 Å². The van der Waals surface area contributed by atoms with Gasteiger partial charge < -0.3 is 5.73 Å². The van der Waals surface area contributed by atoms with Crippen molar-refractivity contribution in [3.63, 3.8) is 0 Å². The predicted octanol–water partition coefficient (Wildman–Crippen LogP) is 2.37. The van der Waals surface area contributed by atoms with Crippen LogP contribution in [0.4, 0.5) is 0 Å². The molecule has 0 heterocycles. The minimum absolute atomic E-state index is 0.312. The molecule has 2 atom stereocenters. The third kappa shape index (κ3) is 1.28. The van der Waals surface area contributed by atoms with Gasteiger partial charge in [-0.3, -0.25) is 0 Å². The van der Waals surface area contributed by atoms with Crippen molar-refractivity contribution in [3.8, 4) is 0 Å². The van der Waals surface area contributed by atoms with Crippen molar-refractivity contribution in [1.29, 1.82) is 0 Å². The molecular formula is C12H17N. The summed E-state index contributed by atoms with van der Waals surface area (Å²) in [6.45, 7) is 4.37. The molecule has 0 amide bonds. The van der Waals surface area contributed by atoms with Crippen molar-refractivity contribution in [2.24, 2.45) is 5.73 Å². The Morgan fingerprint density at radius 3 is 2.69 bits per heavy atom. The molecule has 0 aromatic heterocycles. The third-order valence-corrected chi connectivity index (χ3v) is 3.36. The van der Waals surface area contributed by atoms with Crippen LogP contribution in [0.2, 0.25) is 0 Å². The van der Waals surface area contributed by atoms with Crippen molar-refractivity contribution in [3.05, 3.63) is 35.4 Å². The van der Waals surface area contributed by atoms with Crippen LogP contribution in [0.1, 0.15) is 30.9 Å². The van der Waals surface area contributed by atoms with Gasteiger partial charge in [0, 0.05) is 11.5 Å². The van der Waals surface area contributed by atoms with E-state index in [9.17, 15) is 0 Å². The van der Waals surface area contributed by atoms with Gasteiger partial charge in [0.05, 0.1) is 0 Å². The molecule has 0 radical (unpaired) electrons. The van der Waals surface area contributed by atoms with E-state index in [1.807, 2.05) is 0 Å². The zero-order valence-corrected chi connectivity index (χ0v) is 8.38. The van der Waals surface area contributed by atoms with Crippen LogP contribution in [0.5, 0.6) is 0 Å². The summed E-state index contributed by atoms with van der Waals surface area (Å²) in [4.78, 5) is 0. The van der Waals surface area contributed by atoms with Crippen LogP contribution in [-0.2, 0) is 5.41 Å². The summed E-state index contributed by atoms with van der Waals surface area (Å²) in [6, 6.07) is 9.15. The fourth-order valence-electron chi connectivity index (χ4n) is 2.23. The second kappa shape index (κ2) is 2.85. The number of hydrogen-bond donors (Lipinski definition) is 1. The molecular weight excluding hydrogens is 158 g/mol. The topological polar surface area (TPSA) is 26.0 Å². The molecule has 0 saturated heterocycles. The fraction of sp³-hybridized carbons (Fsp3) is 0.500. The molecule has 1 saturated carbocycles. The van der Waals surface area contributed by atoms with E-state index in [-0.39, 0.29) is 0 Å². The van der Waals surface area contributed by atoms with E-state index in [0.29, 0.717) is 11.5 Å². The Labute approximate surface area is 80.0 Å². The molecule has 1 nitrogen and oxygen atoms in total. The van der Waals surface area contributed by atoms with Crippen molar-refractivity contribution in [2.75, 3.05) is 0 Å².